The van der Waals surface area contributed by atoms with E-state index in [0.717, 1.165) is 17.9 Å². The summed E-state index contributed by atoms with van der Waals surface area (Å²) in [6, 6.07) is 18.4. The van der Waals surface area contributed by atoms with Gasteiger partial charge < -0.3 is 9.64 Å². The van der Waals surface area contributed by atoms with Crippen molar-refractivity contribution in [2.45, 2.75) is 6.42 Å². The topological polar surface area (TPSA) is 12.5 Å². The summed E-state index contributed by atoms with van der Waals surface area (Å²) in [6.45, 7) is 0. The molecule has 2 heteroatoms. The second-order valence-electron chi connectivity index (χ2n) is 4.57. The van der Waals surface area contributed by atoms with E-state index in [-0.39, 0.29) is 0 Å². The Hall–Kier alpha value is -2.22. The molecule has 19 heavy (non-hydrogen) atoms. The van der Waals surface area contributed by atoms with Crippen molar-refractivity contribution in [3.05, 3.63) is 72.5 Å². The molecule has 0 spiro atoms. The van der Waals surface area contributed by atoms with Crippen LogP contribution >= 0.6 is 0 Å². The number of benzene rings is 2. The second kappa shape index (κ2) is 6.64. The molecule has 2 aromatic carbocycles. The van der Waals surface area contributed by atoms with E-state index in [4.69, 9.17) is 4.74 Å². The van der Waals surface area contributed by atoms with Crippen molar-refractivity contribution in [2.24, 2.45) is 0 Å². The minimum atomic E-state index is 0.857. The van der Waals surface area contributed by atoms with E-state index in [1.54, 1.807) is 6.26 Å². The lowest BCUT2D eigenvalue weighted by Crippen LogP contribution is -2.08. The zero-order chi connectivity index (χ0) is 13.5. The Morgan fingerprint density at radius 2 is 1.79 bits per heavy atom. The highest BCUT2D eigenvalue weighted by molar-refractivity contribution is 5.49. The van der Waals surface area contributed by atoms with E-state index in [0.29, 0.717) is 0 Å². The molecule has 2 nitrogen and oxygen atoms in total. The van der Waals surface area contributed by atoms with E-state index in [1.165, 1.54) is 5.56 Å². The lowest BCUT2D eigenvalue weighted by Gasteiger charge is -2.12. The summed E-state index contributed by atoms with van der Waals surface area (Å²) in [5.41, 5.74) is 2.42. The van der Waals surface area contributed by atoms with Crippen LogP contribution in [0.15, 0.2) is 66.9 Å². The summed E-state index contributed by atoms with van der Waals surface area (Å²) in [4.78, 5) is 2.06. The first-order valence-corrected chi connectivity index (χ1v) is 6.39. The van der Waals surface area contributed by atoms with Gasteiger partial charge in [-0.25, -0.2) is 0 Å². The van der Waals surface area contributed by atoms with Gasteiger partial charge in [-0.05, 0) is 30.2 Å². The zero-order valence-corrected chi connectivity index (χ0v) is 11.4. The van der Waals surface area contributed by atoms with Gasteiger partial charge in [-0.2, -0.15) is 0 Å². The number of hydrogen-bond donors (Lipinski definition) is 0. The monoisotopic (exact) mass is 253 g/mol. The molecule has 0 saturated heterocycles. The molecule has 0 saturated carbocycles. The summed E-state index contributed by atoms with van der Waals surface area (Å²) in [5.74, 6) is 0.857. The lowest BCUT2D eigenvalue weighted by molar-refractivity contribution is 0.479. The fourth-order valence-corrected chi connectivity index (χ4v) is 1.76. The quantitative estimate of drug-likeness (QED) is 0.750. The Labute approximate surface area is 114 Å². The summed E-state index contributed by atoms with van der Waals surface area (Å²) in [7, 11) is 4.04. The summed E-state index contributed by atoms with van der Waals surface area (Å²) in [5, 5.41) is 0. The van der Waals surface area contributed by atoms with Gasteiger partial charge in [0.2, 0.25) is 0 Å². The van der Waals surface area contributed by atoms with Crippen molar-refractivity contribution in [2.75, 3.05) is 19.0 Å². The van der Waals surface area contributed by atoms with Crippen LogP contribution in [0.25, 0.3) is 0 Å². The predicted octanol–water partition coefficient (Wildman–Crippen LogP) is 3.89. The van der Waals surface area contributed by atoms with Gasteiger partial charge in [-0.15, -0.1) is 0 Å². The molecule has 0 aliphatic rings. The van der Waals surface area contributed by atoms with Crippen molar-refractivity contribution >= 4 is 5.69 Å². The maximum Gasteiger partial charge on any atom is 0.128 e. The molecule has 2 aromatic rings. The van der Waals surface area contributed by atoms with E-state index in [9.17, 15) is 0 Å². The van der Waals surface area contributed by atoms with Crippen LogP contribution in [0.4, 0.5) is 5.69 Å². The zero-order valence-electron chi connectivity index (χ0n) is 11.4. The minimum Gasteiger partial charge on any atom is -0.465 e. The van der Waals surface area contributed by atoms with Crippen molar-refractivity contribution in [1.29, 1.82) is 0 Å². The molecule has 98 valence electrons. The molecule has 2 rings (SSSR count). The van der Waals surface area contributed by atoms with Gasteiger partial charge in [0.15, 0.2) is 0 Å². The maximum atomic E-state index is 5.61. The molecule has 0 unspecified atom stereocenters. The smallest absolute Gasteiger partial charge is 0.128 e. The van der Waals surface area contributed by atoms with E-state index < -0.39 is 0 Å². The van der Waals surface area contributed by atoms with E-state index >= 15 is 0 Å². The number of allylic oxidation sites excluding steroid dienone is 1. The van der Waals surface area contributed by atoms with Crippen LogP contribution in [0.1, 0.15) is 5.56 Å². The van der Waals surface area contributed by atoms with Crippen molar-refractivity contribution in [1.82, 2.24) is 0 Å². The van der Waals surface area contributed by atoms with Crippen LogP contribution in [0, 0.1) is 0 Å². The predicted molar refractivity (Wildman–Crippen MR) is 80.7 cm³/mol. The molecular weight excluding hydrogens is 234 g/mol. The number of nitrogens with zero attached hydrogens (tertiary/aromatic N) is 1. The normalized spacial score (nSPS) is 10.6. The number of hydrogen-bond acceptors (Lipinski definition) is 2. The van der Waals surface area contributed by atoms with Gasteiger partial charge in [0.25, 0.3) is 0 Å². The molecule has 0 bridgehead atoms. The third kappa shape index (κ3) is 4.18. The molecule has 0 aliphatic carbocycles. The first-order chi connectivity index (χ1) is 9.25. The standard InChI is InChI=1S/C17H19NO/c1-18(2)16-11-6-12-17(14-16)19-13-7-10-15-8-4-3-5-9-15/h3-9,11-14H,10H2,1-2H3. The molecule has 0 atom stereocenters. The van der Waals surface area contributed by atoms with Gasteiger partial charge in [-0.1, -0.05) is 36.4 Å². The minimum absolute atomic E-state index is 0.857. The largest absolute Gasteiger partial charge is 0.465 e. The van der Waals surface area contributed by atoms with Crippen LogP contribution in [0.5, 0.6) is 5.75 Å². The van der Waals surface area contributed by atoms with Crippen LogP contribution in [0.2, 0.25) is 0 Å². The van der Waals surface area contributed by atoms with Crippen molar-refractivity contribution in [3.63, 3.8) is 0 Å². The first-order valence-electron chi connectivity index (χ1n) is 6.39. The van der Waals surface area contributed by atoms with Crippen molar-refractivity contribution < 1.29 is 4.74 Å². The van der Waals surface area contributed by atoms with Gasteiger partial charge in [0.1, 0.15) is 5.75 Å². The van der Waals surface area contributed by atoms with Gasteiger partial charge in [0, 0.05) is 25.8 Å². The summed E-state index contributed by atoms with van der Waals surface area (Å²) in [6.07, 6.45) is 4.66. The third-order valence-electron chi connectivity index (χ3n) is 2.83. The maximum absolute atomic E-state index is 5.61. The molecule has 0 aliphatic heterocycles. The average Bonchev–Trinajstić information content (AvgIpc) is 2.45. The Bertz CT molecular complexity index is 532. The molecular formula is C17H19NO. The molecule has 0 fully saturated rings. The van der Waals surface area contributed by atoms with Gasteiger partial charge in [0.05, 0.1) is 6.26 Å². The molecule has 0 heterocycles. The first kappa shape index (κ1) is 13.2. The molecule has 0 N–H and O–H groups in total. The fraction of sp³-hybridized carbons (Fsp3) is 0.176. The second-order valence-corrected chi connectivity index (χ2v) is 4.57. The Morgan fingerprint density at radius 1 is 1.00 bits per heavy atom. The number of anilines is 1. The highest BCUT2D eigenvalue weighted by Gasteiger charge is 1.96. The summed E-state index contributed by atoms with van der Waals surface area (Å²) >= 11 is 0. The molecule has 0 aromatic heterocycles. The Balaban J connectivity index is 1.90. The van der Waals surface area contributed by atoms with E-state index in [1.807, 2.05) is 56.6 Å². The summed E-state index contributed by atoms with van der Waals surface area (Å²) < 4.78 is 5.61. The van der Waals surface area contributed by atoms with Gasteiger partial charge >= 0.3 is 0 Å². The Morgan fingerprint density at radius 3 is 2.53 bits per heavy atom. The number of ether oxygens (including phenoxy) is 1. The Kier molecular flexibility index (Phi) is 4.62. The van der Waals surface area contributed by atoms with Crippen LogP contribution < -0.4 is 9.64 Å². The third-order valence-corrected chi connectivity index (χ3v) is 2.83. The van der Waals surface area contributed by atoms with Crippen LogP contribution in [0.3, 0.4) is 0 Å². The average molecular weight is 253 g/mol. The van der Waals surface area contributed by atoms with Crippen LogP contribution in [-0.4, -0.2) is 14.1 Å². The van der Waals surface area contributed by atoms with E-state index in [2.05, 4.69) is 23.1 Å². The highest BCUT2D eigenvalue weighted by atomic mass is 16.5. The molecule has 0 radical (unpaired) electrons. The molecule has 0 amide bonds. The van der Waals surface area contributed by atoms with Crippen LogP contribution in [-0.2, 0) is 6.42 Å². The fourth-order valence-electron chi connectivity index (χ4n) is 1.76. The van der Waals surface area contributed by atoms with Gasteiger partial charge in [-0.3, -0.25) is 0 Å². The SMILES string of the molecule is CN(C)c1cccc(OC=CCc2ccccc2)c1. The van der Waals surface area contributed by atoms with Crippen molar-refractivity contribution in [3.8, 4) is 5.75 Å². The number of rotatable bonds is 5. The highest BCUT2D eigenvalue weighted by Crippen LogP contribution is 2.19. The lowest BCUT2D eigenvalue weighted by atomic mass is 10.2.